The lowest BCUT2D eigenvalue weighted by atomic mass is 9.79. The average molecular weight is 737 g/mol. The van der Waals surface area contributed by atoms with E-state index in [4.69, 9.17) is 0 Å². The molecule has 1 atom stereocenters. The Labute approximate surface area is 325 Å². The van der Waals surface area contributed by atoms with Crippen LogP contribution < -0.4 is 21.2 Å². The monoisotopic (exact) mass is 736 g/mol. The smallest absolute Gasteiger partial charge is 0.0557 e. The van der Waals surface area contributed by atoms with Gasteiger partial charge in [0, 0.05) is 5.92 Å². The van der Waals surface area contributed by atoms with Crippen LogP contribution in [0.15, 0.2) is 146 Å². The van der Waals surface area contributed by atoms with Crippen molar-refractivity contribution in [2.45, 2.75) is 66.2 Å². The third kappa shape index (κ3) is 6.70. The number of hydrogen-bond donors (Lipinski definition) is 0. The molecule has 0 saturated carbocycles. The average Bonchev–Trinajstić information content (AvgIpc) is 3.10. The van der Waals surface area contributed by atoms with Crippen LogP contribution in [0.5, 0.6) is 0 Å². The predicted octanol–water partition coefficient (Wildman–Crippen LogP) is 12.4. The highest BCUT2D eigenvalue weighted by molar-refractivity contribution is 7.91. The van der Waals surface area contributed by atoms with E-state index in [9.17, 15) is 0 Å². The summed E-state index contributed by atoms with van der Waals surface area (Å²) in [6.45, 7) is 18.2. The van der Waals surface area contributed by atoms with E-state index in [0.717, 1.165) is 0 Å². The molecule has 54 heavy (non-hydrogen) atoms. The van der Waals surface area contributed by atoms with E-state index in [2.05, 4.69) is 207 Å². The van der Waals surface area contributed by atoms with Crippen molar-refractivity contribution < 1.29 is 0 Å². The zero-order valence-electron chi connectivity index (χ0n) is 32.9. The molecule has 8 rings (SSSR count). The number of aryl methyl sites for hydroxylation is 8. The topological polar surface area (TPSA) is 0 Å². The van der Waals surface area contributed by atoms with Crippen LogP contribution in [-0.4, -0.2) is 4.90 Å². The van der Waals surface area contributed by atoms with Crippen molar-refractivity contribution >= 4 is 53.9 Å². The molecule has 7 aromatic carbocycles. The maximum atomic E-state index is 2.73. The zero-order chi connectivity index (χ0) is 37.7. The minimum atomic E-state index is -1.04. The normalized spacial score (nSPS) is 14.9. The molecule has 1 aliphatic carbocycles. The van der Waals surface area contributed by atoms with Gasteiger partial charge in [-0.1, -0.05) is 196 Å². The van der Waals surface area contributed by atoms with E-state index in [1.54, 1.807) is 0 Å². The summed E-state index contributed by atoms with van der Waals surface area (Å²) in [7, 11) is -2.09. The largest absolute Gasteiger partial charge is 0.0670 e. The molecular weight excluding hydrogens is 687 g/mol. The van der Waals surface area contributed by atoms with E-state index < -0.39 is 15.8 Å². The number of hydrogen-bond acceptors (Lipinski definition) is 0. The molecule has 0 radical (unpaired) electrons. The standard InChI is InChI=1S/C52H50P2/c1-34-22-35(2)27-44(26-34)53(45-28-36(3)23-37(4)29-45)52(54(46-30-38(5)24-39(6)31-46)47-32-40(7)25-41(8)33-47)21-20-43-15-10-12-18-49(43)51(52)50-19-13-16-42-14-9-11-17-48(42)50/h9-33,51H,1-8H3. The lowest BCUT2D eigenvalue weighted by molar-refractivity contribution is 0.786. The van der Waals surface area contributed by atoms with Gasteiger partial charge < -0.3 is 0 Å². The Morgan fingerprint density at radius 3 is 1.22 bits per heavy atom. The van der Waals surface area contributed by atoms with Crippen LogP contribution in [0.1, 0.15) is 67.1 Å². The molecule has 0 fully saturated rings. The van der Waals surface area contributed by atoms with E-state index in [0.29, 0.717) is 0 Å². The van der Waals surface area contributed by atoms with Crippen molar-refractivity contribution in [3.63, 3.8) is 0 Å². The van der Waals surface area contributed by atoms with Gasteiger partial charge in [0.1, 0.15) is 0 Å². The van der Waals surface area contributed by atoms with Gasteiger partial charge in [0.05, 0.1) is 4.90 Å². The zero-order valence-corrected chi connectivity index (χ0v) is 34.7. The van der Waals surface area contributed by atoms with Crippen molar-refractivity contribution in [2.75, 3.05) is 0 Å². The molecule has 268 valence electrons. The maximum Gasteiger partial charge on any atom is 0.0557 e. The lowest BCUT2D eigenvalue weighted by Crippen LogP contribution is -2.44. The first kappa shape index (κ1) is 36.4. The summed E-state index contributed by atoms with van der Waals surface area (Å²) in [6, 6.07) is 54.9. The van der Waals surface area contributed by atoms with E-state index in [1.165, 1.54) is 93.2 Å². The van der Waals surface area contributed by atoms with Gasteiger partial charge in [-0.2, -0.15) is 0 Å². The summed E-state index contributed by atoms with van der Waals surface area (Å²) in [5.41, 5.74) is 14.7. The lowest BCUT2D eigenvalue weighted by Gasteiger charge is -2.53. The summed E-state index contributed by atoms with van der Waals surface area (Å²) in [5.74, 6) is 0.0605. The van der Waals surface area contributed by atoms with E-state index >= 15 is 0 Å². The molecule has 0 saturated heterocycles. The second kappa shape index (κ2) is 14.6. The Bertz CT molecular complexity index is 2280. The quantitative estimate of drug-likeness (QED) is 0.143. The second-order valence-electron chi connectivity index (χ2n) is 15.8. The molecule has 0 amide bonds. The summed E-state index contributed by atoms with van der Waals surface area (Å²) in [5, 5.41) is 8.42. The van der Waals surface area contributed by atoms with Crippen molar-refractivity contribution in [1.29, 1.82) is 0 Å². The summed E-state index contributed by atoms with van der Waals surface area (Å²) < 4.78 is 0. The van der Waals surface area contributed by atoms with Gasteiger partial charge in [-0.15, -0.1) is 0 Å². The highest BCUT2D eigenvalue weighted by Gasteiger charge is 2.55. The predicted molar refractivity (Wildman–Crippen MR) is 240 cm³/mol. The minimum Gasteiger partial charge on any atom is -0.0670 e. The molecule has 1 aliphatic rings. The van der Waals surface area contributed by atoms with Gasteiger partial charge >= 0.3 is 0 Å². The van der Waals surface area contributed by atoms with Crippen molar-refractivity contribution in [2.24, 2.45) is 0 Å². The van der Waals surface area contributed by atoms with Crippen LogP contribution >= 0.6 is 15.8 Å². The van der Waals surface area contributed by atoms with E-state index in [-0.39, 0.29) is 10.8 Å². The molecule has 0 N–H and O–H groups in total. The fraction of sp³-hybridized carbons (Fsp3) is 0.192. The van der Waals surface area contributed by atoms with Gasteiger partial charge in [-0.25, -0.2) is 0 Å². The van der Waals surface area contributed by atoms with Crippen LogP contribution in [-0.2, 0) is 0 Å². The van der Waals surface area contributed by atoms with Crippen molar-refractivity contribution in [3.05, 3.63) is 207 Å². The highest BCUT2D eigenvalue weighted by Crippen LogP contribution is 2.74. The number of fused-ring (bicyclic) bond motifs is 2. The van der Waals surface area contributed by atoms with Crippen LogP contribution in [0.4, 0.5) is 0 Å². The third-order valence-corrected chi connectivity index (χ3v) is 17.5. The van der Waals surface area contributed by atoms with Crippen LogP contribution in [0.25, 0.3) is 16.8 Å². The van der Waals surface area contributed by atoms with Gasteiger partial charge in [0.15, 0.2) is 0 Å². The Hall–Kier alpha value is -4.60. The van der Waals surface area contributed by atoms with Gasteiger partial charge in [-0.3, -0.25) is 0 Å². The van der Waals surface area contributed by atoms with Crippen molar-refractivity contribution in [3.8, 4) is 0 Å². The summed E-state index contributed by atoms with van der Waals surface area (Å²) >= 11 is 0. The number of rotatable bonds is 7. The molecule has 0 aliphatic heterocycles. The minimum absolute atomic E-state index is 0.0605. The summed E-state index contributed by atoms with van der Waals surface area (Å²) in [6.07, 6.45) is 5.22. The Kier molecular flexibility index (Phi) is 9.81. The molecule has 0 heterocycles. The molecule has 0 nitrogen and oxygen atoms in total. The Morgan fingerprint density at radius 2 is 0.759 bits per heavy atom. The van der Waals surface area contributed by atoms with Crippen molar-refractivity contribution in [1.82, 2.24) is 0 Å². The number of allylic oxidation sites excluding steroid dienone is 1. The first-order valence-corrected chi connectivity index (χ1v) is 21.9. The molecule has 0 aromatic heterocycles. The summed E-state index contributed by atoms with van der Waals surface area (Å²) in [4.78, 5) is -0.371. The first-order valence-electron chi connectivity index (χ1n) is 19.2. The van der Waals surface area contributed by atoms with Gasteiger partial charge in [-0.05, 0) is 120 Å². The molecule has 0 bridgehead atoms. The first-order chi connectivity index (χ1) is 26.0. The second-order valence-corrected chi connectivity index (χ2v) is 21.0. The molecular formula is C52H50P2. The van der Waals surface area contributed by atoms with Crippen LogP contribution in [0.2, 0.25) is 0 Å². The SMILES string of the molecule is Cc1cc(C)cc(P(c2cc(C)cc(C)c2)C2(P(c3cc(C)cc(C)c3)c3cc(C)cc(C)c3)C=Cc3ccccc3C2c2cccc3ccccc23)c1. The van der Waals surface area contributed by atoms with E-state index in [1.807, 2.05) is 0 Å². The van der Waals surface area contributed by atoms with Crippen LogP contribution in [0, 0.1) is 55.4 Å². The van der Waals surface area contributed by atoms with Gasteiger partial charge in [0.25, 0.3) is 0 Å². The third-order valence-electron chi connectivity index (χ3n) is 10.9. The molecule has 7 aromatic rings. The van der Waals surface area contributed by atoms with Crippen LogP contribution in [0.3, 0.4) is 0 Å². The number of benzene rings is 7. The molecule has 1 unspecified atom stereocenters. The highest BCUT2D eigenvalue weighted by atomic mass is 31.2. The van der Waals surface area contributed by atoms with Gasteiger partial charge in [0.2, 0.25) is 0 Å². The fourth-order valence-electron chi connectivity index (χ4n) is 9.31. The fourth-order valence-corrected chi connectivity index (χ4v) is 17.9. The maximum absolute atomic E-state index is 2.73. The molecule has 2 heteroatoms. The molecule has 0 spiro atoms. The Morgan fingerprint density at radius 1 is 0.389 bits per heavy atom. The Balaban J connectivity index is 1.63.